The molecule has 1 heterocycles. The zero-order valence-electron chi connectivity index (χ0n) is 9.55. The molecule has 3 rings (SSSR count). The summed E-state index contributed by atoms with van der Waals surface area (Å²) in [6.45, 7) is 0. The van der Waals surface area contributed by atoms with Crippen molar-refractivity contribution in [2.45, 2.75) is 0 Å². The Bertz CT molecular complexity index is 782. The summed E-state index contributed by atoms with van der Waals surface area (Å²) in [7, 11) is 0. The van der Waals surface area contributed by atoms with Gasteiger partial charge in [-0.1, -0.05) is 34.5 Å². The second-order valence-electron chi connectivity index (χ2n) is 3.95. The fraction of sp³-hybridized carbons (Fsp3) is 0. The molecule has 0 unspecified atom stereocenters. The minimum absolute atomic E-state index is 0.285. The topological polar surface area (TPSA) is 47.8 Å². The van der Waals surface area contributed by atoms with Crippen LogP contribution in [-0.2, 0) is 0 Å². The number of aromatic nitrogens is 3. The van der Waals surface area contributed by atoms with Crippen LogP contribution in [0, 0.1) is 0 Å². The fourth-order valence-electron chi connectivity index (χ4n) is 1.79. The first-order valence-electron chi connectivity index (χ1n) is 5.46. The average Bonchev–Trinajstić information content (AvgIpc) is 2.80. The van der Waals surface area contributed by atoms with Crippen LogP contribution < -0.4 is 0 Å². The highest BCUT2D eigenvalue weighted by molar-refractivity contribution is 6.31. The molecule has 0 spiro atoms. The lowest BCUT2D eigenvalue weighted by Crippen LogP contribution is -2.13. The Morgan fingerprint density at radius 3 is 2.63 bits per heavy atom. The highest BCUT2D eigenvalue weighted by Crippen LogP contribution is 2.18. The first-order chi connectivity index (χ1) is 9.15. The van der Waals surface area contributed by atoms with E-state index in [9.17, 15) is 4.79 Å². The standard InChI is InChI=1S/C13H7Cl2N3O/c14-9-3-1-2-8(6-9)13(19)18-12-5-4-10(15)7-11(12)16-17-18/h1-7H. The van der Waals surface area contributed by atoms with E-state index in [4.69, 9.17) is 23.2 Å². The van der Waals surface area contributed by atoms with Gasteiger partial charge in [0.1, 0.15) is 5.52 Å². The van der Waals surface area contributed by atoms with Gasteiger partial charge in [0.15, 0.2) is 0 Å². The Labute approximate surface area is 118 Å². The van der Waals surface area contributed by atoms with Crippen molar-refractivity contribution in [3.8, 4) is 0 Å². The minimum Gasteiger partial charge on any atom is -0.267 e. The summed E-state index contributed by atoms with van der Waals surface area (Å²) in [5, 5.41) is 8.83. The van der Waals surface area contributed by atoms with Crippen LogP contribution in [0.2, 0.25) is 10.0 Å². The molecule has 2 aromatic carbocycles. The van der Waals surface area contributed by atoms with Gasteiger partial charge in [0.25, 0.3) is 5.91 Å². The molecule has 0 radical (unpaired) electrons. The molecule has 94 valence electrons. The van der Waals surface area contributed by atoms with Crippen LogP contribution in [0.15, 0.2) is 42.5 Å². The Morgan fingerprint density at radius 1 is 1.05 bits per heavy atom. The lowest BCUT2D eigenvalue weighted by Gasteiger charge is -2.01. The maximum absolute atomic E-state index is 12.3. The van der Waals surface area contributed by atoms with Crippen LogP contribution >= 0.6 is 23.2 Å². The third kappa shape index (κ3) is 2.20. The van der Waals surface area contributed by atoms with Crippen molar-refractivity contribution in [1.82, 2.24) is 15.0 Å². The van der Waals surface area contributed by atoms with Gasteiger partial charge in [-0.05, 0) is 36.4 Å². The van der Waals surface area contributed by atoms with E-state index >= 15 is 0 Å². The number of benzene rings is 2. The summed E-state index contributed by atoms with van der Waals surface area (Å²) in [5.41, 5.74) is 1.63. The molecule has 19 heavy (non-hydrogen) atoms. The number of hydrogen-bond donors (Lipinski definition) is 0. The number of carbonyl (C=O) groups excluding carboxylic acids is 1. The molecule has 0 aliphatic heterocycles. The smallest absolute Gasteiger partial charge is 0.267 e. The summed E-state index contributed by atoms with van der Waals surface area (Å²) in [6, 6.07) is 11.7. The average molecular weight is 292 g/mol. The van der Waals surface area contributed by atoms with Gasteiger partial charge in [0.05, 0.1) is 5.52 Å². The fourth-order valence-corrected chi connectivity index (χ4v) is 2.15. The Balaban J connectivity index is 2.12. The van der Waals surface area contributed by atoms with Gasteiger partial charge in [0.2, 0.25) is 0 Å². The zero-order valence-corrected chi connectivity index (χ0v) is 11.1. The number of nitrogens with zero attached hydrogens (tertiary/aromatic N) is 3. The lowest BCUT2D eigenvalue weighted by atomic mass is 10.2. The number of fused-ring (bicyclic) bond motifs is 1. The summed E-state index contributed by atoms with van der Waals surface area (Å²) in [4.78, 5) is 12.3. The highest BCUT2D eigenvalue weighted by atomic mass is 35.5. The van der Waals surface area contributed by atoms with Crippen molar-refractivity contribution >= 4 is 40.1 Å². The first-order valence-corrected chi connectivity index (χ1v) is 6.22. The van der Waals surface area contributed by atoms with Crippen molar-refractivity contribution < 1.29 is 4.79 Å². The van der Waals surface area contributed by atoms with E-state index in [0.717, 1.165) is 0 Å². The van der Waals surface area contributed by atoms with Gasteiger partial charge in [-0.2, -0.15) is 4.68 Å². The first kappa shape index (κ1) is 12.1. The highest BCUT2D eigenvalue weighted by Gasteiger charge is 2.14. The van der Waals surface area contributed by atoms with Gasteiger partial charge in [-0.3, -0.25) is 4.79 Å². The van der Waals surface area contributed by atoms with E-state index in [0.29, 0.717) is 26.6 Å². The molecular weight excluding hydrogens is 285 g/mol. The number of carbonyl (C=O) groups is 1. The van der Waals surface area contributed by atoms with E-state index in [1.165, 1.54) is 4.68 Å². The number of rotatable bonds is 1. The molecule has 0 saturated carbocycles. The van der Waals surface area contributed by atoms with Crippen LogP contribution in [0.5, 0.6) is 0 Å². The van der Waals surface area contributed by atoms with Crippen LogP contribution in [0.1, 0.15) is 10.4 Å². The third-order valence-corrected chi connectivity index (χ3v) is 3.14. The van der Waals surface area contributed by atoms with E-state index in [1.807, 2.05) is 0 Å². The van der Waals surface area contributed by atoms with E-state index in [2.05, 4.69) is 10.3 Å². The van der Waals surface area contributed by atoms with Crippen molar-refractivity contribution in [1.29, 1.82) is 0 Å². The lowest BCUT2D eigenvalue weighted by molar-refractivity contribution is 0.0948. The molecule has 0 N–H and O–H groups in total. The minimum atomic E-state index is -0.285. The third-order valence-electron chi connectivity index (χ3n) is 2.67. The number of hydrogen-bond acceptors (Lipinski definition) is 3. The normalized spacial score (nSPS) is 10.8. The molecular formula is C13H7Cl2N3O. The van der Waals surface area contributed by atoms with Crippen molar-refractivity contribution in [2.75, 3.05) is 0 Å². The Hall–Kier alpha value is -1.91. The molecule has 4 nitrogen and oxygen atoms in total. The molecule has 1 aromatic heterocycles. The monoisotopic (exact) mass is 291 g/mol. The molecule has 0 bridgehead atoms. The quantitative estimate of drug-likeness (QED) is 0.690. The van der Waals surface area contributed by atoms with Crippen LogP contribution in [-0.4, -0.2) is 20.9 Å². The van der Waals surface area contributed by atoms with Crippen molar-refractivity contribution in [3.05, 3.63) is 58.1 Å². The second-order valence-corrected chi connectivity index (χ2v) is 4.82. The van der Waals surface area contributed by atoms with Crippen molar-refractivity contribution in [2.24, 2.45) is 0 Å². The predicted octanol–water partition coefficient (Wildman–Crippen LogP) is 3.43. The molecule has 0 saturated heterocycles. The van der Waals surface area contributed by atoms with E-state index in [1.54, 1.807) is 42.5 Å². The molecule has 0 amide bonds. The van der Waals surface area contributed by atoms with Crippen LogP contribution in [0.3, 0.4) is 0 Å². The molecule has 6 heteroatoms. The molecule has 0 aliphatic carbocycles. The maximum atomic E-state index is 12.3. The Morgan fingerprint density at radius 2 is 1.84 bits per heavy atom. The SMILES string of the molecule is O=C(c1cccc(Cl)c1)n1nnc2cc(Cl)ccc21. The molecule has 3 aromatic rings. The molecule has 0 fully saturated rings. The van der Waals surface area contributed by atoms with E-state index < -0.39 is 0 Å². The second kappa shape index (κ2) is 4.64. The van der Waals surface area contributed by atoms with Gasteiger partial charge in [-0.15, -0.1) is 5.10 Å². The summed E-state index contributed by atoms with van der Waals surface area (Å²) < 4.78 is 1.23. The molecule has 0 atom stereocenters. The largest absolute Gasteiger partial charge is 0.280 e. The summed E-state index contributed by atoms with van der Waals surface area (Å²) in [5.74, 6) is -0.285. The van der Waals surface area contributed by atoms with E-state index in [-0.39, 0.29) is 5.91 Å². The zero-order chi connectivity index (χ0) is 13.4. The van der Waals surface area contributed by atoms with Crippen molar-refractivity contribution in [3.63, 3.8) is 0 Å². The number of halogens is 2. The van der Waals surface area contributed by atoms with Gasteiger partial charge in [-0.25, -0.2) is 0 Å². The molecule has 0 aliphatic rings. The summed E-state index contributed by atoms with van der Waals surface area (Å²) >= 11 is 11.7. The van der Waals surface area contributed by atoms with Crippen LogP contribution in [0.25, 0.3) is 11.0 Å². The van der Waals surface area contributed by atoms with Gasteiger partial charge in [0, 0.05) is 15.6 Å². The maximum Gasteiger partial charge on any atom is 0.280 e. The van der Waals surface area contributed by atoms with Gasteiger partial charge < -0.3 is 0 Å². The Kier molecular flexibility index (Phi) is 2.97. The van der Waals surface area contributed by atoms with Gasteiger partial charge >= 0.3 is 0 Å². The summed E-state index contributed by atoms with van der Waals surface area (Å²) in [6.07, 6.45) is 0. The van der Waals surface area contributed by atoms with Crippen LogP contribution in [0.4, 0.5) is 0 Å². The predicted molar refractivity (Wildman–Crippen MR) is 73.7 cm³/mol.